The van der Waals surface area contributed by atoms with Gasteiger partial charge in [0.15, 0.2) is 6.10 Å². The van der Waals surface area contributed by atoms with Gasteiger partial charge in [0.05, 0.1) is 0 Å². The summed E-state index contributed by atoms with van der Waals surface area (Å²) in [7, 11) is 0. The van der Waals surface area contributed by atoms with Crippen molar-refractivity contribution in [1.29, 1.82) is 0 Å². The van der Waals surface area contributed by atoms with E-state index in [1.54, 1.807) is 0 Å². The minimum absolute atomic E-state index is 0.0642. The molecule has 6 nitrogen and oxygen atoms in total. The monoisotopic (exact) mass is 821 g/mol. The van der Waals surface area contributed by atoms with E-state index in [2.05, 4.69) is 34.6 Å². The Morgan fingerprint density at radius 2 is 0.655 bits per heavy atom. The van der Waals surface area contributed by atoms with Gasteiger partial charge in [-0.15, -0.1) is 0 Å². The Balaban J connectivity index is 4.28. The normalized spacial score (nSPS) is 12.5. The van der Waals surface area contributed by atoms with Crippen LogP contribution in [-0.4, -0.2) is 37.2 Å². The van der Waals surface area contributed by atoms with Gasteiger partial charge in [-0.2, -0.15) is 0 Å². The highest BCUT2D eigenvalue weighted by atomic mass is 16.6. The second kappa shape index (κ2) is 44.9. The third kappa shape index (κ3) is 44.0. The summed E-state index contributed by atoms with van der Waals surface area (Å²) in [6.45, 7) is 11.4. The Hall–Kier alpha value is -1.59. The SMILES string of the molecule is CCCCCCCCCCCCCCCC(=O)O[C@@H](COC(=O)CCCCCCCCCCCCCCCCC(C)C)COC(=O)CCCCCCCCC(C)CC. The Morgan fingerprint density at radius 1 is 0.362 bits per heavy atom. The molecule has 0 aliphatic rings. The molecule has 0 N–H and O–H groups in total. The second-order valence-corrected chi connectivity index (χ2v) is 18.5. The predicted molar refractivity (Wildman–Crippen MR) is 247 cm³/mol. The molecule has 0 saturated heterocycles. The summed E-state index contributed by atoms with van der Waals surface area (Å²) in [6, 6.07) is 0. The van der Waals surface area contributed by atoms with Crippen LogP contribution in [0, 0.1) is 11.8 Å². The first-order valence-corrected chi connectivity index (χ1v) is 25.8. The maximum Gasteiger partial charge on any atom is 0.306 e. The number of ether oxygens (including phenoxy) is 3. The van der Waals surface area contributed by atoms with Crippen molar-refractivity contribution in [2.45, 2.75) is 291 Å². The van der Waals surface area contributed by atoms with E-state index < -0.39 is 6.10 Å². The van der Waals surface area contributed by atoms with Crippen molar-refractivity contribution in [3.05, 3.63) is 0 Å². The first-order chi connectivity index (χ1) is 28.3. The van der Waals surface area contributed by atoms with Crippen molar-refractivity contribution in [2.24, 2.45) is 11.8 Å². The lowest BCUT2D eigenvalue weighted by Gasteiger charge is -2.18. The molecule has 2 atom stereocenters. The van der Waals surface area contributed by atoms with Gasteiger partial charge in [-0.05, 0) is 31.1 Å². The third-order valence-electron chi connectivity index (χ3n) is 12.1. The highest BCUT2D eigenvalue weighted by molar-refractivity contribution is 5.71. The van der Waals surface area contributed by atoms with E-state index in [-0.39, 0.29) is 31.1 Å². The molecule has 0 saturated carbocycles. The van der Waals surface area contributed by atoms with Gasteiger partial charge in [-0.25, -0.2) is 0 Å². The fourth-order valence-corrected chi connectivity index (χ4v) is 7.78. The number of unbranched alkanes of at least 4 members (excludes halogenated alkanes) is 30. The second-order valence-electron chi connectivity index (χ2n) is 18.5. The smallest absolute Gasteiger partial charge is 0.306 e. The predicted octanol–water partition coefficient (Wildman–Crippen LogP) is 16.5. The van der Waals surface area contributed by atoms with E-state index in [1.165, 1.54) is 173 Å². The van der Waals surface area contributed by atoms with Crippen molar-refractivity contribution >= 4 is 17.9 Å². The van der Waals surface area contributed by atoms with Crippen LogP contribution in [0.1, 0.15) is 285 Å². The summed E-state index contributed by atoms with van der Waals surface area (Å²) in [5, 5.41) is 0. The van der Waals surface area contributed by atoms with Gasteiger partial charge in [0, 0.05) is 19.3 Å². The van der Waals surface area contributed by atoms with Gasteiger partial charge >= 0.3 is 17.9 Å². The van der Waals surface area contributed by atoms with E-state index in [4.69, 9.17) is 14.2 Å². The molecule has 0 aromatic heterocycles. The van der Waals surface area contributed by atoms with Gasteiger partial charge in [-0.3, -0.25) is 14.4 Å². The fraction of sp³-hybridized carbons (Fsp3) is 0.942. The third-order valence-corrected chi connectivity index (χ3v) is 12.1. The minimum Gasteiger partial charge on any atom is -0.462 e. The van der Waals surface area contributed by atoms with Crippen molar-refractivity contribution in [1.82, 2.24) is 0 Å². The van der Waals surface area contributed by atoms with Gasteiger partial charge in [0.25, 0.3) is 0 Å². The largest absolute Gasteiger partial charge is 0.462 e. The number of hydrogen-bond acceptors (Lipinski definition) is 6. The molecule has 58 heavy (non-hydrogen) atoms. The molecule has 0 aromatic carbocycles. The number of carbonyl (C=O) groups is 3. The first kappa shape index (κ1) is 56.4. The van der Waals surface area contributed by atoms with E-state index in [1.807, 2.05) is 0 Å². The molecule has 0 spiro atoms. The zero-order valence-electron chi connectivity index (χ0n) is 39.7. The molecule has 0 aliphatic heterocycles. The molecular formula is C52H100O6. The standard InChI is InChI=1S/C52H100O6/c1-6-8-9-10-11-12-13-16-21-24-27-34-39-44-52(55)58-49(46-57-51(54)43-38-33-29-28-31-36-41-48(5)7-2)45-56-50(53)42-37-32-26-23-20-18-15-14-17-19-22-25-30-35-40-47(3)4/h47-49H,6-46H2,1-5H3/t48?,49-/m0/s1. The molecule has 0 fully saturated rings. The number of rotatable bonds is 46. The van der Waals surface area contributed by atoms with Crippen LogP contribution in [0.3, 0.4) is 0 Å². The average molecular weight is 821 g/mol. The van der Waals surface area contributed by atoms with E-state index in [0.29, 0.717) is 19.3 Å². The number of esters is 3. The van der Waals surface area contributed by atoms with Gasteiger partial charge in [-0.1, -0.05) is 247 Å². The first-order valence-electron chi connectivity index (χ1n) is 25.8. The van der Waals surface area contributed by atoms with Crippen LogP contribution < -0.4 is 0 Å². The summed E-state index contributed by atoms with van der Waals surface area (Å²) < 4.78 is 16.8. The van der Waals surface area contributed by atoms with Gasteiger partial charge in [0.1, 0.15) is 13.2 Å². The zero-order chi connectivity index (χ0) is 42.6. The molecule has 344 valence electrons. The Bertz CT molecular complexity index is 887. The Labute approximate surface area is 361 Å². The summed E-state index contributed by atoms with van der Waals surface area (Å²) in [5.41, 5.74) is 0. The summed E-state index contributed by atoms with van der Waals surface area (Å²) >= 11 is 0. The summed E-state index contributed by atoms with van der Waals surface area (Å²) in [5.74, 6) is 0.808. The van der Waals surface area contributed by atoms with Crippen molar-refractivity contribution in [2.75, 3.05) is 13.2 Å². The maximum absolute atomic E-state index is 12.8. The minimum atomic E-state index is -0.761. The lowest BCUT2D eigenvalue weighted by atomic mass is 10.00. The van der Waals surface area contributed by atoms with Crippen LogP contribution in [0.25, 0.3) is 0 Å². The molecule has 0 bridgehead atoms. The molecule has 1 unspecified atom stereocenters. The average Bonchev–Trinajstić information content (AvgIpc) is 3.21. The molecule has 0 amide bonds. The van der Waals surface area contributed by atoms with Crippen LogP contribution in [-0.2, 0) is 28.6 Å². The van der Waals surface area contributed by atoms with E-state index in [0.717, 1.165) is 69.6 Å². The van der Waals surface area contributed by atoms with Crippen molar-refractivity contribution in [3.8, 4) is 0 Å². The Morgan fingerprint density at radius 3 is 0.983 bits per heavy atom. The highest BCUT2D eigenvalue weighted by Crippen LogP contribution is 2.18. The van der Waals surface area contributed by atoms with E-state index >= 15 is 0 Å². The van der Waals surface area contributed by atoms with Crippen LogP contribution in [0.5, 0.6) is 0 Å². The molecule has 0 radical (unpaired) electrons. The molecule has 0 heterocycles. The number of carbonyl (C=O) groups excluding carboxylic acids is 3. The van der Waals surface area contributed by atoms with Crippen LogP contribution in [0.2, 0.25) is 0 Å². The fourth-order valence-electron chi connectivity index (χ4n) is 7.78. The van der Waals surface area contributed by atoms with Crippen molar-refractivity contribution in [3.63, 3.8) is 0 Å². The lowest BCUT2D eigenvalue weighted by molar-refractivity contribution is -0.167. The van der Waals surface area contributed by atoms with Crippen LogP contribution in [0.15, 0.2) is 0 Å². The Kier molecular flexibility index (Phi) is 43.7. The van der Waals surface area contributed by atoms with Crippen LogP contribution in [0.4, 0.5) is 0 Å². The molecule has 0 aromatic rings. The van der Waals surface area contributed by atoms with Crippen molar-refractivity contribution < 1.29 is 28.6 Å². The maximum atomic E-state index is 12.8. The quantitative estimate of drug-likeness (QED) is 0.0346. The summed E-state index contributed by atoms with van der Waals surface area (Å²) in [6.07, 6.45) is 45.2. The summed E-state index contributed by atoms with van der Waals surface area (Å²) in [4.78, 5) is 37.9. The zero-order valence-corrected chi connectivity index (χ0v) is 39.7. The molecular weight excluding hydrogens is 721 g/mol. The van der Waals surface area contributed by atoms with E-state index in [9.17, 15) is 14.4 Å². The molecule has 6 heteroatoms. The van der Waals surface area contributed by atoms with Gasteiger partial charge in [0.2, 0.25) is 0 Å². The lowest BCUT2D eigenvalue weighted by Crippen LogP contribution is -2.30. The van der Waals surface area contributed by atoms with Gasteiger partial charge < -0.3 is 14.2 Å². The number of hydrogen-bond donors (Lipinski definition) is 0. The highest BCUT2D eigenvalue weighted by Gasteiger charge is 2.19. The molecule has 0 rings (SSSR count). The topological polar surface area (TPSA) is 78.9 Å². The van der Waals surface area contributed by atoms with Crippen LogP contribution >= 0.6 is 0 Å². The molecule has 0 aliphatic carbocycles.